The highest BCUT2D eigenvalue weighted by Gasteiger charge is 2.30. The second-order valence-corrected chi connectivity index (χ2v) is 5.05. The Morgan fingerprint density at radius 3 is 2.74 bits per heavy atom. The monoisotopic (exact) mass is 284 g/mol. The molecule has 1 atom stereocenters. The molecular weight excluding hydrogens is 268 g/mol. The lowest BCUT2D eigenvalue weighted by Crippen LogP contribution is -2.56. The van der Waals surface area contributed by atoms with Gasteiger partial charge in [-0.15, -0.1) is 0 Å². The van der Waals surface area contributed by atoms with Crippen LogP contribution in [-0.2, 0) is 29.6 Å². The summed E-state index contributed by atoms with van der Waals surface area (Å²) in [6.45, 7) is 4.01. The van der Waals surface area contributed by atoms with Gasteiger partial charge in [-0.3, -0.25) is 14.3 Å². The van der Waals surface area contributed by atoms with E-state index in [1.54, 1.807) is 18.7 Å². The first-order chi connectivity index (χ1) is 8.93. The third-order valence-electron chi connectivity index (χ3n) is 3.24. The van der Waals surface area contributed by atoms with E-state index in [9.17, 15) is 9.59 Å². The molecule has 1 aromatic heterocycles. The highest BCUT2D eigenvalue weighted by Crippen LogP contribution is 2.22. The molecule has 2 rings (SSSR count). The fourth-order valence-electron chi connectivity index (χ4n) is 2.18. The molecule has 104 valence electrons. The number of halogens is 1. The lowest BCUT2D eigenvalue weighted by atomic mass is 10.2. The van der Waals surface area contributed by atoms with Crippen molar-refractivity contribution in [2.45, 2.75) is 32.9 Å². The zero-order chi connectivity index (χ0) is 14.2. The number of piperazine rings is 1. The summed E-state index contributed by atoms with van der Waals surface area (Å²) >= 11 is 6.25. The first kappa shape index (κ1) is 13.9. The van der Waals surface area contributed by atoms with Crippen LogP contribution in [0, 0.1) is 0 Å². The van der Waals surface area contributed by atoms with E-state index in [1.807, 2.05) is 6.92 Å². The van der Waals surface area contributed by atoms with Crippen molar-refractivity contribution in [3.63, 3.8) is 0 Å². The Kier molecular flexibility index (Phi) is 3.80. The van der Waals surface area contributed by atoms with Gasteiger partial charge in [0.05, 0.1) is 23.0 Å². The minimum atomic E-state index is -0.487. The van der Waals surface area contributed by atoms with Crippen LogP contribution in [0.5, 0.6) is 0 Å². The summed E-state index contributed by atoms with van der Waals surface area (Å²) < 4.78 is 1.67. The van der Waals surface area contributed by atoms with Crippen molar-refractivity contribution in [2.24, 2.45) is 7.05 Å². The second kappa shape index (κ2) is 5.21. The molecule has 1 aliphatic heterocycles. The Labute approximate surface area is 116 Å². The fraction of sp³-hybridized carbons (Fsp3) is 0.583. The van der Waals surface area contributed by atoms with E-state index in [1.165, 1.54) is 4.90 Å². The van der Waals surface area contributed by atoms with Crippen LogP contribution in [0.15, 0.2) is 0 Å². The quantitative estimate of drug-likeness (QED) is 0.878. The smallest absolute Gasteiger partial charge is 0.245 e. The molecule has 1 unspecified atom stereocenters. The molecule has 0 saturated carbocycles. The molecule has 2 heterocycles. The number of hydrogen-bond donors (Lipinski definition) is 1. The maximum absolute atomic E-state index is 12.0. The summed E-state index contributed by atoms with van der Waals surface area (Å²) in [7, 11) is 1.79. The fourth-order valence-corrected chi connectivity index (χ4v) is 2.53. The molecule has 19 heavy (non-hydrogen) atoms. The SMILES string of the molecule is CCc1nn(C)c(CN2CC(=O)NC(C)C2=O)c1Cl. The summed E-state index contributed by atoms with van der Waals surface area (Å²) in [5, 5.41) is 7.49. The second-order valence-electron chi connectivity index (χ2n) is 4.67. The molecule has 0 bridgehead atoms. The number of amides is 2. The standard InChI is InChI=1S/C12H17ClN4O2/c1-4-8-11(13)9(16(3)15-8)5-17-6-10(18)14-7(2)12(17)19/h7H,4-6H2,1-3H3,(H,14,18). The first-order valence-corrected chi connectivity index (χ1v) is 6.60. The summed E-state index contributed by atoms with van der Waals surface area (Å²) in [6, 6.07) is -0.487. The highest BCUT2D eigenvalue weighted by molar-refractivity contribution is 6.31. The van der Waals surface area contributed by atoms with E-state index in [4.69, 9.17) is 11.6 Å². The maximum Gasteiger partial charge on any atom is 0.245 e. The Bertz CT molecular complexity index is 526. The van der Waals surface area contributed by atoms with E-state index < -0.39 is 6.04 Å². The number of hydrogen-bond acceptors (Lipinski definition) is 3. The Morgan fingerprint density at radius 1 is 1.47 bits per heavy atom. The molecule has 2 amide bonds. The number of aromatic nitrogens is 2. The van der Waals surface area contributed by atoms with Crippen LogP contribution in [0.3, 0.4) is 0 Å². The Balaban J connectivity index is 2.23. The number of aryl methyl sites for hydroxylation is 2. The molecule has 7 heteroatoms. The van der Waals surface area contributed by atoms with E-state index in [0.717, 1.165) is 17.8 Å². The molecule has 6 nitrogen and oxygen atoms in total. The van der Waals surface area contributed by atoms with Crippen LogP contribution < -0.4 is 5.32 Å². The average Bonchev–Trinajstić information content (AvgIpc) is 2.62. The summed E-state index contributed by atoms with van der Waals surface area (Å²) in [5.74, 6) is -0.254. The number of carbonyl (C=O) groups excluding carboxylic acids is 2. The highest BCUT2D eigenvalue weighted by atomic mass is 35.5. The van der Waals surface area contributed by atoms with E-state index in [-0.39, 0.29) is 18.4 Å². The Morgan fingerprint density at radius 2 is 2.16 bits per heavy atom. The Hall–Kier alpha value is -1.56. The summed E-state index contributed by atoms with van der Waals surface area (Å²) in [4.78, 5) is 25.0. The van der Waals surface area contributed by atoms with Gasteiger partial charge in [-0.1, -0.05) is 18.5 Å². The summed E-state index contributed by atoms with van der Waals surface area (Å²) in [5.41, 5.74) is 1.56. The van der Waals surface area contributed by atoms with Crippen molar-refractivity contribution in [1.82, 2.24) is 20.0 Å². The molecule has 1 aliphatic rings. The molecule has 1 saturated heterocycles. The summed E-state index contributed by atoms with van der Waals surface area (Å²) in [6.07, 6.45) is 0.734. The maximum atomic E-state index is 12.0. The minimum absolute atomic E-state index is 0.0616. The van der Waals surface area contributed by atoms with Crippen LogP contribution in [-0.4, -0.2) is 39.1 Å². The van der Waals surface area contributed by atoms with Crippen LogP contribution in [0.4, 0.5) is 0 Å². The zero-order valence-corrected chi connectivity index (χ0v) is 12.0. The molecule has 1 aromatic rings. The van der Waals surface area contributed by atoms with Gasteiger partial charge in [-0.25, -0.2) is 0 Å². The average molecular weight is 285 g/mol. The molecule has 1 N–H and O–H groups in total. The van der Waals surface area contributed by atoms with E-state index in [2.05, 4.69) is 10.4 Å². The predicted molar refractivity (Wildman–Crippen MR) is 70.6 cm³/mol. The normalized spacial score (nSPS) is 19.8. The number of carbonyl (C=O) groups is 2. The van der Waals surface area contributed by atoms with Crippen molar-refractivity contribution in [3.05, 3.63) is 16.4 Å². The third-order valence-corrected chi connectivity index (χ3v) is 3.67. The van der Waals surface area contributed by atoms with Crippen LogP contribution in [0.1, 0.15) is 25.2 Å². The number of rotatable bonds is 3. The van der Waals surface area contributed by atoms with Crippen molar-refractivity contribution in [2.75, 3.05) is 6.54 Å². The van der Waals surface area contributed by atoms with Gasteiger partial charge in [-0.05, 0) is 13.3 Å². The predicted octanol–water partition coefficient (Wildman–Crippen LogP) is 0.483. The van der Waals surface area contributed by atoms with Crippen molar-refractivity contribution in [3.8, 4) is 0 Å². The van der Waals surface area contributed by atoms with Gasteiger partial charge in [0.2, 0.25) is 11.8 Å². The van der Waals surface area contributed by atoms with Gasteiger partial charge in [0.1, 0.15) is 12.6 Å². The lowest BCUT2D eigenvalue weighted by Gasteiger charge is -2.30. The topological polar surface area (TPSA) is 67.2 Å². The van der Waals surface area contributed by atoms with Crippen LogP contribution in [0.25, 0.3) is 0 Å². The molecule has 0 radical (unpaired) electrons. The van der Waals surface area contributed by atoms with Gasteiger partial charge < -0.3 is 10.2 Å². The zero-order valence-electron chi connectivity index (χ0n) is 11.2. The van der Waals surface area contributed by atoms with Crippen molar-refractivity contribution in [1.29, 1.82) is 0 Å². The van der Waals surface area contributed by atoms with E-state index >= 15 is 0 Å². The molecule has 1 fully saturated rings. The van der Waals surface area contributed by atoms with Gasteiger partial charge >= 0.3 is 0 Å². The largest absolute Gasteiger partial charge is 0.343 e. The van der Waals surface area contributed by atoms with Gasteiger partial charge in [-0.2, -0.15) is 5.10 Å². The van der Waals surface area contributed by atoms with E-state index in [0.29, 0.717) is 11.6 Å². The van der Waals surface area contributed by atoms with Gasteiger partial charge in [0, 0.05) is 7.05 Å². The van der Waals surface area contributed by atoms with Crippen LogP contribution >= 0.6 is 11.6 Å². The molecule has 0 spiro atoms. The van der Waals surface area contributed by atoms with Gasteiger partial charge in [0.25, 0.3) is 0 Å². The number of nitrogens with zero attached hydrogens (tertiary/aromatic N) is 3. The first-order valence-electron chi connectivity index (χ1n) is 6.22. The molecule has 0 aliphatic carbocycles. The lowest BCUT2D eigenvalue weighted by molar-refractivity contribution is -0.144. The van der Waals surface area contributed by atoms with Gasteiger partial charge in [0.15, 0.2) is 0 Å². The third kappa shape index (κ3) is 2.58. The molecule has 0 aromatic carbocycles. The van der Waals surface area contributed by atoms with Crippen molar-refractivity contribution >= 4 is 23.4 Å². The minimum Gasteiger partial charge on any atom is -0.343 e. The number of nitrogens with one attached hydrogen (secondary N) is 1. The van der Waals surface area contributed by atoms with Crippen LogP contribution in [0.2, 0.25) is 5.02 Å². The molecular formula is C12H17ClN4O2. The van der Waals surface area contributed by atoms with Crippen molar-refractivity contribution < 1.29 is 9.59 Å².